The van der Waals surface area contributed by atoms with Gasteiger partial charge in [-0.2, -0.15) is 0 Å². The minimum Gasteiger partial charge on any atom is -0.250 e. The summed E-state index contributed by atoms with van der Waals surface area (Å²) in [5.41, 5.74) is 0. The van der Waals surface area contributed by atoms with Crippen LogP contribution in [0, 0.1) is 0 Å². The molecule has 10 heavy (non-hydrogen) atoms. The van der Waals surface area contributed by atoms with E-state index in [0.29, 0.717) is 0 Å². The molecule has 2 nitrogen and oxygen atoms in total. The fraction of sp³-hybridized carbons (Fsp3) is 1.00. The first-order valence-electron chi connectivity index (χ1n) is 3.65. The predicted molar refractivity (Wildman–Crippen MR) is 53.2 cm³/mol. The van der Waals surface area contributed by atoms with Crippen LogP contribution in [0.1, 0.15) is 12.8 Å². The summed E-state index contributed by atoms with van der Waals surface area (Å²) >= 11 is 6.82. The van der Waals surface area contributed by atoms with Gasteiger partial charge in [0.2, 0.25) is 0 Å². The third-order valence-electron chi connectivity index (χ3n) is 2.37. The van der Waals surface area contributed by atoms with Crippen molar-refractivity contribution in [2.24, 2.45) is 0 Å². The number of hydrogen-bond donors (Lipinski definition) is 1. The minimum atomic E-state index is 0.775. The standard InChI is InChI=1S/C6H11IN2S/c7-9-5-1-2-6(9)4-8(10)3-5/h5-6,10H,1-4H2. The summed E-state index contributed by atoms with van der Waals surface area (Å²) < 4.78 is 4.63. The summed E-state index contributed by atoms with van der Waals surface area (Å²) in [4.78, 5) is 0. The van der Waals surface area contributed by atoms with Crippen LogP contribution >= 0.6 is 35.7 Å². The molecular weight excluding hydrogens is 259 g/mol. The fourth-order valence-electron chi connectivity index (χ4n) is 1.83. The minimum absolute atomic E-state index is 0.775. The molecule has 0 saturated carbocycles. The molecule has 0 aromatic rings. The monoisotopic (exact) mass is 270 g/mol. The van der Waals surface area contributed by atoms with E-state index in [1.807, 2.05) is 0 Å². The van der Waals surface area contributed by atoms with Crippen LogP contribution < -0.4 is 0 Å². The van der Waals surface area contributed by atoms with Gasteiger partial charge >= 0.3 is 0 Å². The van der Waals surface area contributed by atoms with Crippen LogP contribution in [-0.4, -0.2) is 32.6 Å². The molecule has 2 saturated heterocycles. The predicted octanol–water partition coefficient (Wildman–Crippen LogP) is 1.33. The zero-order valence-electron chi connectivity index (χ0n) is 5.70. The normalized spacial score (nSPS) is 42.6. The van der Waals surface area contributed by atoms with Crippen LogP contribution in [0.3, 0.4) is 0 Å². The van der Waals surface area contributed by atoms with Gasteiger partial charge in [-0.1, -0.05) is 12.8 Å². The summed E-state index contributed by atoms with van der Waals surface area (Å²) in [6, 6.07) is 1.55. The molecule has 2 bridgehead atoms. The fourth-order valence-corrected chi connectivity index (χ4v) is 3.12. The lowest BCUT2D eigenvalue weighted by atomic mass is 10.2. The zero-order chi connectivity index (χ0) is 7.14. The van der Waals surface area contributed by atoms with Crippen molar-refractivity contribution in [3.8, 4) is 0 Å². The Morgan fingerprint density at radius 1 is 1.20 bits per heavy atom. The highest BCUT2D eigenvalue weighted by atomic mass is 127. The van der Waals surface area contributed by atoms with E-state index in [1.54, 1.807) is 0 Å². The van der Waals surface area contributed by atoms with Gasteiger partial charge in [0.1, 0.15) is 0 Å². The Kier molecular flexibility index (Phi) is 2.14. The molecule has 0 aromatic heterocycles. The Bertz CT molecular complexity index is 130. The third kappa shape index (κ3) is 1.19. The smallest absolute Gasteiger partial charge is 0.0335 e. The van der Waals surface area contributed by atoms with E-state index in [9.17, 15) is 0 Å². The number of thiol groups is 1. The van der Waals surface area contributed by atoms with E-state index in [4.69, 9.17) is 0 Å². The van der Waals surface area contributed by atoms with E-state index in [1.165, 1.54) is 12.8 Å². The average Bonchev–Trinajstić information content (AvgIpc) is 2.20. The quantitative estimate of drug-likeness (QED) is 0.403. The Labute approximate surface area is 81.0 Å². The van der Waals surface area contributed by atoms with Gasteiger partial charge < -0.3 is 0 Å². The van der Waals surface area contributed by atoms with E-state index in [2.05, 4.69) is 43.1 Å². The van der Waals surface area contributed by atoms with Crippen molar-refractivity contribution in [3.05, 3.63) is 0 Å². The molecule has 0 aromatic carbocycles. The summed E-state index contributed by atoms with van der Waals surface area (Å²) in [5, 5.41) is 0. The molecule has 0 N–H and O–H groups in total. The number of fused-ring (bicyclic) bond motifs is 2. The van der Waals surface area contributed by atoms with Crippen LogP contribution in [0.5, 0.6) is 0 Å². The molecule has 0 spiro atoms. The zero-order valence-corrected chi connectivity index (χ0v) is 8.75. The van der Waals surface area contributed by atoms with E-state index < -0.39 is 0 Å². The van der Waals surface area contributed by atoms with Gasteiger partial charge in [-0.3, -0.25) is 4.31 Å². The lowest BCUT2D eigenvalue weighted by Gasteiger charge is -2.34. The van der Waals surface area contributed by atoms with Gasteiger partial charge in [-0.25, -0.2) is 3.11 Å². The second-order valence-corrected chi connectivity index (χ2v) is 4.78. The summed E-state index contributed by atoms with van der Waals surface area (Å²) in [5.74, 6) is 0. The maximum atomic E-state index is 4.36. The molecular formula is C6H11IN2S. The van der Waals surface area contributed by atoms with Crippen LogP contribution in [-0.2, 0) is 0 Å². The van der Waals surface area contributed by atoms with Crippen LogP contribution in [0.4, 0.5) is 0 Å². The molecule has 0 aliphatic carbocycles. The SMILES string of the molecule is SN1CC2CCC(C1)N2I. The Morgan fingerprint density at radius 2 is 1.70 bits per heavy atom. The number of hydrogen-bond acceptors (Lipinski definition) is 3. The highest BCUT2D eigenvalue weighted by Crippen LogP contribution is 2.33. The number of piperazine rings is 1. The summed E-state index contributed by atoms with van der Waals surface area (Å²) in [6.07, 6.45) is 2.73. The van der Waals surface area contributed by atoms with Gasteiger partial charge in [0.05, 0.1) is 0 Å². The maximum absolute atomic E-state index is 4.36. The maximum Gasteiger partial charge on any atom is 0.0335 e. The first-order valence-corrected chi connectivity index (χ1v) is 5.02. The van der Waals surface area contributed by atoms with Crippen LogP contribution in [0.25, 0.3) is 0 Å². The topological polar surface area (TPSA) is 6.48 Å². The number of nitrogens with zero attached hydrogens (tertiary/aromatic N) is 2. The van der Waals surface area contributed by atoms with Gasteiger partial charge in [-0.05, 0) is 12.8 Å². The molecule has 2 heterocycles. The van der Waals surface area contributed by atoms with Gasteiger partial charge in [0, 0.05) is 48.0 Å². The van der Waals surface area contributed by atoms with Crippen molar-refractivity contribution >= 4 is 35.7 Å². The lowest BCUT2D eigenvalue weighted by molar-refractivity contribution is 0.242. The molecule has 2 rings (SSSR count). The first-order chi connectivity index (χ1) is 4.77. The molecule has 2 atom stereocenters. The summed E-state index contributed by atoms with van der Waals surface area (Å²) in [7, 11) is 0. The second kappa shape index (κ2) is 2.80. The van der Waals surface area contributed by atoms with Gasteiger partial charge in [0.15, 0.2) is 0 Å². The molecule has 2 unspecified atom stereocenters. The average molecular weight is 270 g/mol. The lowest BCUT2D eigenvalue weighted by Crippen LogP contribution is -2.45. The van der Waals surface area contributed by atoms with Gasteiger partial charge in [-0.15, -0.1) is 0 Å². The molecule has 0 amide bonds. The number of rotatable bonds is 0. The second-order valence-electron chi connectivity index (χ2n) is 3.10. The van der Waals surface area contributed by atoms with E-state index >= 15 is 0 Å². The van der Waals surface area contributed by atoms with Crippen LogP contribution in [0.2, 0.25) is 0 Å². The van der Waals surface area contributed by atoms with Crippen LogP contribution in [0.15, 0.2) is 0 Å². The van der Waals surface area contributed by atoms with Crippen molar-refractivity contribution in [2.75, 3.05) is 13.1 Å². The Hall–Kier alpha value is 1.00. The molecule has 58 valence electrons. The summed E-state index contributed by atoms with van der Waals surface area (Å²) in [6.45, 7) is 2.28. The number of halogens is 1. The van der Waals surface area contributed by atoms with Crippen molar-refractivity contribution in [1.82, 2.24) is 7.42 Å². The van der Waals surface area contributed by atoms with Gasteiger partial charge in [0.25, 0.3) is 0 Å². The van der Waals surface area contributed by atoms with Crippen molar-refractivity contribution in [1.29, 1.82) is 0 Å². The molecule has 2 aliphatic heterocycles. The molecule has 2 aliphatic rings. The third-order valence-corrected chi connectivity index (χ3v) is 4.28. The Balaban J connectivity index is 2.09. The first kappa shape index (κ1) is 7.64. The van der Waals surface area contributed by atoms with Crippen molar-refractivity contribution < 1.29 is 0 Å². The van der Waals surface area contributed by atoms with E-state index in [-0.39, 0.29) is 0 Å². The van der Waals surface area contributed by atoms with E-state index in [0.717, 1.165) is 25.2 Å². The molecule has 0 radical (unpaired) electrons. The highest BCUT2D eigenvalue weighted by molar-refractivity contribution is 14.1. The molecule has 2 fully saturated rings. The largest absolute Gasteiger partial charge is 0.250 e. The van der Waals surface area contributed by atoms with Crippen molar-refractivity contribution in [3.63, 3.8) is 0 Å². The Morgan fingerprint density at radius 3 is 2.20 bits per heavy atom. The molecule has 4 heteroatoms. The van der Waals surface area contributed by atoms with Crippen molar-refractivity contribution in [2.45, 2.75) is 24.9 Å². The highest BCUT2D eigenvalue weighted by Gasteiger charge is 2.37.